The Kier molecular flexibility index (Phi) is 8.45. The highest BCUT2D eigenvalue weighted by Crippen LogP contribution is 2.46. The number of halogens is 1. The number of carbonyl (C=O) groups is 1. The van der Waals surface area contributed by atoms with Crippen LogP contribution in [0.5, 0.6) is 0 Å². The summed E-state index contributed by atoms with van der Waals surface area (Å²) < 4.78 is 34.2. The Labute approximate surface area is 262 Å². The van der Waals surface area contributed by atoms with E-state index in [2.05, 4.69) is 4.98 Å². The van der Waals surface area contributed by atoms with Gasteiger partial charge in [0.15, 0.2) is 17.3 Å². The zero-order valence-corrected chi connectivity index (χ0v) is 25.5. The standard InChI is InChI=1S/C28H29FN6O10S/c1-14-30-9-23(35(41)42)33(14)10-16(36)12-43-13-22-21(44-28(40)45-22)11-31-3-5-32(6-4-31)20-8-19-17(7-18(20)29)25(37)24(27(38)39)26-34(19)15(2)46-26/h7-9,15-16,36H,3-6,10-13H2,1-2H3,(H,38,39). The van der Waals surface area contributed by atoms with Crippen LogP contribution in [-0.2, 0) is 24.4 Å². The number of ether oxygens (including phenoxy) is 1. The molecule has 0 aliphatic carbocycles. The molecule has 5 heterocycles. The minimum Gasteiger partial charge on any atom is -0.477 e. The van der Waals surface area contributed by atoms with Crippen LogP contribution in [0.3, 0.4) is 0 Å². The van der Waals surface area contributed by atoms with Gasteiger partial charge in [0, 0.05) is 38.5 Å². The van der Waals surface area contributed by atoms with Gasteiger partial charge < -0.3 is 43.4 Å². The number of nitrogens with zero attached hydrogens (tertiary/aromatic N) is 6. The van der Waals surface area contributed by atoms with Gasteiger partial charge in [0.1, 0.15) is 36.8 Å². The predicted molar refractivity (Wildman–Crippen MR) is 160 cm³/mol. The van der Waals surface area contributed by atoms with Crippen LogP contribution in [-0.4, -0.2) is 79.0 Å². The van der Waals surface area contributed by atoms with Gasteiger partial charge in [0.05, 0.1) is 34.8 Å². The summed E-state index contributed by atoms with van der Waals surface area (Å²) in [6.07, 6.45) is 0.00619. The van der Waals surface area contributed by atoms with Crippen molar-refractivity contribution in [2.75, 3.05) is 37.7 Å². The maximum absolute atomic E-state index is 15.3. The fourth-order valence-electron chi connectivity index (χ4n) is 5.76. The number of aromatic nitrogens is 3. The van der Waals surface area contributed by atoms with E-state index >= 15 is 4.39 Å². The van der Waals surface area contributed by atoms with Gasteiger partial charge in [-0.3, -0.25) is 9.69 Å². The molecule has 1 saturated heterocycles. The van der Waals surface area contributed by atoms with Crippen molar-refractivity contribution in [3.05, 3.63) is 78.0 Å². The predicted octanol–water partition coefficient (Wildman–Crippen LogP) is 2.32. The number of pyridine rings is 1. The molecule has 3 aromatic heterocycles. The van der Waals surface area contributed by atoms with Crippen LogP contribution in [0.25, 0.3) is 10.9 Å². The molecule has 0 amide bonds. The summed E-state index contributed by atoms with van der Waals surface area (Å²) in [4.78, 5) is 54.8. The van der Waals surface area contributed by atoms with E-state index in [9.17, 15) is 34.7 Å². The highest BCUT2D eigenvalue weighted by atomic mass is 32.2. The van der Waals surface area contributed by atoms with Crippen molar-refractivity contribution in [1.29, 1.82) is 0 Å². The minimum absolute atomic E-state index is 0.0172. The Bertz CT molecular complexity index is 1960. The number of fused-ring (bicyclic) bond motifs is 3. The molecular formula is C28H29FN6O10S. The number of piperazine rings is 1. The second kappa shape index (κ2) is 12.3. The SMILES string of the molecule is Cc1ncc([N+](=O)[O-])n1CC(O)COCc1oc(=O)oc1CN1CCN(c2cc3c(cc2F)c(=O)c(C(=O)O)c2n3C(C)S2)CC1. The number of aliphatic hydroxyl groups is 1. The van der Waals surface area contributed by atoms with Crippen molar-refractivity contribution in [3.63, 3.8) is 0 Å². The molecule has 18 heteroatoms. The summed E-state index contributed by atoms with van der Waals surface area (Å²) in [6.45, 7) is 4.92. The van der Waals surface area contributed by atoms with Gasteiger partial charge >= 0.3 is 17.6 Å². The maximum atomic E-state index is 15.3. The van der Waals surface area contributed by atoms with E-state index in [0.717, 1.165) is 12.3 Å². The minimum atomic E-state index is -1.34. The van der Waals surface area contributed by atoms with Gasteiger partial charge in [0.25, 0.3) is 0 Å². The van der Waals surface area contributed by atoms with Crippen molar-refractivity contribution in [1.82, 2.24) is 19.0 Å². The number of aliphatic hydroxyl groups excluding tert-OH is 1. The number of anilines is 1. The number of nitro groups is 1. The number of aryl methyl sites for hydroxylation is 1. The summed E-state index contributed by atoms with van der Waals surface area (Å²) in [6, 6.07) is 2.70. The molecule has 4 aromatic rings. The highest BCUT2D eigenvalue weighted by Gasteiger charge is 2.34. The molecule has 46 heavy (non-hydrogen) atoms. The van der Waals surface area contributed by atoms with Gasteiger partial charge in [0.2, 0.25) is 5.43 Å². The number of hydrogen-bond donors (Lipinski definition) is 2. The maximum Gasteiger partial charge on any atom is 0.519 e. The molecule has 0 radical (unpaired) electrons. The zero-order valence-electron chi connectivity index (χ0n) is 24.7. The summed E-state index contributed by atoms with van der Waals surface area (Å²) in [5.41, 5.74) is -0.286. The van der Waals surface area contributed by atoms with Crippen molar-refractivity contribution < 1.29 is 37.9 Å². The first-order chi connectivity index (χ1) is 21.9. The molecule has 1 aromatic carbocycles. The van der Waals surface area contributed by atoms with Gasteiger partial charge in [-0.1, -0.05) is 11.8 Å². The van der Waals surface area contributed by atoms with E-state index in [4.69, 9.17) is 13.6 Å². The van der Waals surface area contributed by atoms with Crippen LogP contribution in [0.1, 0.15) is 40.0 Å². The van der Waals surface area contributed by atoms with Crippen molar-refractivity contribution in [3.8, 4) is 0 Å². The third-order valence-corrected chi connectivity index (χ3v) is 9.23. The number of carboxylic acid groups (broad SMARTS) is 1. The molecule has 2 aliphatic rings. The summed E-state index contributed by atoms with van der Waals surface area (Å²) >= 11 is 1.28. The van der Waals surface area contributed by atoms with Crippen LogP contribution in [0.4, 0.5) is 15.9 Å². The largest absolute Gasteiger partial charge is 0.519 e. The summed E-state index contributed by atoms with van der Waals surface area (Å²) in [5, 5.41) is 31.4. The van der Waals surface area contributed by atoms with E-state index in [0.29, 0.717) is 48.2 Å². The van der Waals surface area contributed by atoms with Crippen molar-refractivity contribution >= 4 is 40.1 Å². The Morgan fingerprint density at radius 1 is 1.24 bits per heavy atom. The monoisotopic (exact) mass is 660 g/mol. The topological polar surface area (TPSA) is 200 Å². The molecule has 2 aliphatic heterocycles. The second-order valence-corrected chi connectivity index (χ2v) is 12.3. The molecule has 0 saturated carbocycles. The molecule has 1 fully saturated rings. The van der Waals surface area contributed by atoms with Crippen molar-refractivity contribution in [2.45, 2.75) is 50.0 Å². The molecule has 16 nitrogen and oxygen atoms in total. The van der Waals surface area contributed by atoms with E-state index in [1.54, 1.807) is 17.6 Å². The van der Waals surface area contributed by atoms with Crippen molar-refractivity contribution in [2.24, 2.45) is 0 Å². The van der Waals surface area contributed by atoms with Crippen LogP contribution >= 0.6 is 11.8 Å². The highest BCUT2D eigenvalue weighted by molar-refractivity contribution is 8.00. The van der Waals surface area contributed by atoms with Crippen LogP contribution in [0.2, 0.25) is 0 Å². The van der Waals surface area contributed by atoms with Crippen LogP contribution in [0, 0.1) is 22.9 Å². The molecule has 0 spiro atoms. The second-order valence-electron chi connectivity index (χ2n) is 11.0. The molecule has 244 valence electrons. The lowest BCUT2D eigenvalue weighted by atomic mass is 10.1. The average molecular weight is 661 g/mol. The number of benzene rings is 1. The molecule has 2 atom stereocenters. The van der Waals surface area contributed by atoms with Gasteiger partial charge in [-0.05, 0) is 24.0 Å². The fraction of sp³-hybridized carbons (Fsp3) is 0.429. The first-order valence-electron chi connectivity index (χ1n) is 14.3. The van der Waals surface area contributed by atoms with E-state index in [1.165, 1.54) is 16.3 Å². The zero-order chi connectivity index (χ0) is 32.9. The Balaban J connectivity index is 1.08. The smallest absolute Gasteiger partial charge is 0.477 e. The summed E-state index contributed by atoms with van der Waals surface area (Å²) in [7, 11) is 0. The third-order valence-electron chi connectivity index (χ3n) is 8.05. The molecule has 2 unspecified atom stereocenters. The fourth-order valence-corrected chi connectivity index (χ4v) is 6.92. The Morgan fingerprint density at radius 2 is 1.96 bits per heavy atom. The van der Waals surface area contributed by atoms with Gasteiger partial charge in [-0.15, -0.1) is 0 Å². The lowest BCUT2D eigenvalue weighted by Gasteiger charge is -2.37. The van der Waals surface area contributed by atoms with Gasteiger partial charge in [-0.25, -0.2) is 23.5 Å². The Morgan fingerprint density at radius 3 is 2.63 bits per heavy atom. The van der Waals surface area contributed by atoms with E-state index in [1.807, 2.05) is 16.7 Å². The quantitative estimate of drug-likeness (QED) is 0.175. The number of hydrogen-bond acceptors (Lipinski definition) is 13. The Hall–Kier alpha value is -4.52. The van der Waals surface area contributed by atoms with Crippen LogP contribution < -0.4 is 16.2 Å². The number of thioether (sulfide) groups is 1. The first-order valence-corrected chi connectivity index (χ1v) is 15.1. The summed E-state index contributed by atoms with van der Waals surface area (Å²) in [5.74, 6) is -2.40. The molecule has 6 rings (SSSR count). The van der Waals surface area contributed by atoms with Crippen LogP contribution in [0.15, 0.2) is 41.8 Å². The normalized spacial score (nSPS) is 17.2. The lowest BCUT2D eigenvalue weighted by Crippen LogP contribution is -2.46. The third kappa shape index (κ3) is 5.79. The lowest BCUT2D eigenvalue weighted by molar-refractivity contribution is -0.392. The molecular weight excluding hydrogens is 631 g/mol. The van der Waals surface area contributed by atoms with E-state index < -0.39 is 34.1 Å². The van der Waals surface area contributed by atoms with E-state index in [-0.39, 0.29) is 60.0 Å². The average Bonchev–Trinajstić information content (AvgIpc) is 3.53. The molecule has 0 bridgehead atoms. The number of rotatable bonds is 11. The number of imidazole rings is 1. The first kappa shape index (κ1) is 31.5. The molecule has 2 N–H and O–H groups in total. The number of aromatic carboxylic acids is 1. The van der Waals surface area contributed by atoms with Gasteiger partial charge in [-0.2, -0.15) is 0 Å². The number of carboxylic acids is 1.